The van der Waals surface area contributed by atoms with Crippen molar-refractivity contribution < 1.29 is 12.8 Å². The van der Waals surface area contributed by atoms with Crippen LogP contribution in [0, 0.1) is 12.7 Å². The van der Waals surface area contributed by atoms with Crippen molar-refractivity contribution in [2.24, 2.45) is 0 Å². The Kier molecular flexibility index (Phi) is 5.27. The Balaban J connectivity index is 1.79. The summed E-state index contributed by atoms with van der Waals surface area (Å²) >= 11 is 0. The molecule has 0 saturated carbocycles. The average Bonchev–Trinajstić information content (AvgIpc) is 3.07. The average molecular weight is 378 g/mol. The fourth-order valence-electron chi connectivity index (χ4n) is 3.09. The van der Waals surface area contributed by atoms with Gasteiger partial charge in [-0.3, -0.25) is 4.98 Å². The van der Waals surface area contributed by atoms with E-state index in [1.165, 1.54) is 34.8 Å². The number of halogens is 1. The van der Waals surface area contributed by atoms with Crippen LogP contribution in [0.5, 0.6) is 0 Å². The van der Waals surface area contributed by atoms with Crippen LogP contribution in [0.2, 0.25) is 0 Å². The summed E-state index contributed by atoms with van der Waals surface area (Å²) in [5, 5.41) is 3.25. The van der Waals surface area contributed by atoms with E-state index in [0.29, 0.717) is 13.1 Å². The Labute approximate surface area is 153 Å². The van der Waals surface area contributed by atoms with E-state index in [1.807, 2.05) is 19.1 Å². The van der Waals surface area contributed by atoms with E-state index in [1.54, 1.807) is 12.1 Å². The van der Waals surface area contributed by atoms with Crippen LogP contribution < -0.4 is 5.32 Å². The first-order chi connectivity index (χ1) is 12.3. The fourth-order valence-corrected chi connectivity index (χ4v) is 4.25. The number of nitrogens with zero attached hydrogens (tertiary/aromatic N) is 3. The van der Waals surface area contributed by atoms with Gasteiger partial charge in [-0.1, -0.05) is 0 Å². The summed E-state index contributed by atoms with van der Waals surface area (Å²) in [4.78, 5) is 4.60. The number of aryl methyl sites for hydroxylation is 1. The van der Waals surface area contributed by atoms with Gasteiger partial charge in [-0.05, 0) is 49.7 Å². The van der Waals surface area contributed by atoms with Gasteiger partial charge in [-0.25, -0.2) is 4.39 Å². The molecule has 1 aromatic heterocycles. The number of aromatic nitrogens is 1. The third-order valence-corrected chi connectivity index (χ3v) is 6.37. The van der Waals surface area contributed by atoms with Crippen molar-refractivity contribution in [1.82, 2.24) is 13.6 Å². The van der Waals surface area contributed by atoms with Crippen molar-refractivity contribution in [1.29, 1.82) is 0 Å². The highest BCUT2D eigenvalue weighted by Gasteiger charge is 2.34. The lowest BCUT2D eigenvalue weighted by molar-refractivity contribution is 0.418. The molecule has 3 rings (SSSR count). The second-order valence-electron chi connectivity index (χ2n) is 6.69. The van der Waals surface area contributed by atoms with E-state index < -0.39 is 10.2 Å². The SMILES string of the molecule is Cc1cc(Nc2ccc(F)cc2)cc([C@@H]2CCN(S(=O)(=O)N(C)C)C2)n1. The molecule has 0 spiro atoms. The zero-order valence-electron chi connectivity index (χ0n) is 15.1. The monoisotopic (exact) mass is 378 g/mol. The first-order valence-electron chi connectivity index (χ1n) is 8.44. The van der Waals surface area contributed by atoms with Crippen molar-refractivity contribution in [2.75, 3.05) is 32.5 Å². The molecule has 0 aliphatic carbocycles. The van der Waals surface area contributed by atoms with Gasteiger partial charge in [0.05, 0.1) is 0 Å². The standard InChI is InChI=1S/C18H23FN4O2S/c1-13-10-17(21-16-6-4-15(19)5-7-16)11-18(20-13)14-8-9-23(12-14)26(24,25)22(2)3/h4-7,10-11,14H,8-9,12H2,1-3H3,(H,20,21)/t14-/m1/s1. The van der Waals surface area contributed by atoms with E-state index in [9.17, 15) is 12.8 Å². The predicted octanol–water partition coefficient (Wildman–Crippen LogP) is 2.87. The van der Waals surface area contributed by atoms with Crippen LogP contribution >= 0.6 is 0 Å². The van der Waals surface area contributed by atoms with Crippen molar-refractivity contribution in [3.05, 3.63) is 53.6 Å². The summed E-state index contributed by atoms with van der Waals surface area (Å²) in [6.07, 6.45) is 0.736. The van der Waals surface area contributed by atoms with Gasteiger partial charge in [-0.2, -0.15) is 17.0 Å². The highest BCUT2D eigenvalue weighted by molar-refractivity contribution is 7.86. The van der Waals surface area contributed by atoms with Crippen molar-refractivity contribution in [2.45, 2.75) is 19.3 Å². The number of hydrogen-bond donors (Lipinski definition) is 1. The molecule has 1 fully saturated rings. The largest absolute Gasteiger partial charge is 0.355 e. The third kappa shape index (κ3) is 4.03. The molecule has 0 radical (unpaired) electrons. The number of hydrogen-bond acceptors (Lipinski definition) is 4. The Hall–Kier alpha value is -2.03. The summed E-state index contributed by atoms with van der Waals surface area (Å²) < 4.78 is 40.4. The molecule has 0 unspecified atom stereocenters. The maximum Gasteiger partial charge on any atom is 0.281 e. The van der Waals surface area contributed by atoms with Crippen LogP contribution in [0.1, 0.15) is 23.7 Å². The van der Waals surface area contributed by atoms with E-state index in [4.69, 9.17) is 0 Å². The van der Waals surface area contributed by atoms with Crippen LogP contribution in [-0.2, 0) is 10.2 Å². The molecule has 0 amide bonds. The Bertz CT molecular complexity index is 885. The minimum absolute atomic E-state index is 0.0541. The molecule has 1 N–H and O–H groups in total. The second kappa shape index (κ2) is 7.30. The first kappa shape index (κ1) is 18.8. The number of pyridine rings is 1. The Morgan fingerprint density at radius 2 is 1.88 bits per heavy atom. The van der Waals surface area contributed by atoms with Gasteiger partial charge in [0.25, 0.3) is 10.2 Å². The van der Waals surface area contributed by atoms with Crippen LogP contribution in [0.3, 0.4) is 0 Å². The molecular weight excluding hydrogens is 355 g/mol. The van der Waals surface area contributed by atoms with Gasteiger partial charge in [0.1, 0.15) is 5.82 Å². The minimum atomic E-state index is -3.40. The molecule has 1 aliphatic heterocycles. The highest BCUT2D eigenvalue weighted by atomic mass is 32.2. The van der Waals surface area contributed by atoms with Crippen molar-refractivity contribution >= 4 is 21.6 Å². The normalized spacial score (nSPS) is 18.4. The van der Waals surface area contributed by atoms with Gasteiger partial charge < -0.3 is 5.32 Å². The molecule has 1 saturated heterocycles. The minimum Gasteiger partial charge on any atom is -0.355 e. The molecule has 1 aromatic carbocycles. The number of anilines is 2. The lowest BCUT2D eigenvalue weighted by atomic mass is 10.0. The molecular formula is C18H23FN4O2S. The molecule has 2 aromatic rings. The fraction of sp³-hybridized carbons (Fsp3) is 0.389. The molecule has 26 heavy (non-hydrogen) atoms. The quantitative estimate of drug-likeness (QED) is 0.869. The molecule has 1 atom stereocenters. The molecule has 0 bridgehead atoms. The topological polar surface area (TPSA) is 65.5 Å². The summed E-state index contributed by atoms with van der Waals surface area (Å²) in [6.45, 7) is 2.82. The molecule has 140 valence electrons. The number of nitrogens with one attached hydrogen (secondary N) is 1. The van der Waals surface area contributed by atoms with E-state index in [2.05, 4.69) is 10.3 Å². The van der Waals surface area contributed by atoms with Gasteiger partial charge in [0.15, 0.2) is 0 Å². The lowest BCUT2D eigenvalue weighted by Gasteiger charge is -2.21. The summed E-state index contributed by atoms with van der Waals surface area (Å²) in [5.74, 6) is -0.228. The zero-order chi connectivity index (χ0) is 18.9. The van der Waals surface area contributed by atoms with Crippen LogP contribution in [0.25, 0.3) is 0 Å². The van der Waals surface area contributed by atoms with E-state index in [0.717, 1.165) is 29.2 Å². The molecule has 1 aliphatic rings. The first-order valence-corrected chi connectivity index (χ1v) is 9.84. The maximum atomic E-state index is 13.1. The van der Waals surface area contributed by atoms with Crippen molar-refractivity contribution in [3.63, 3.8) is 0 Å². The van der Waals surface area contributed by atoms with E-state index in [-0.39, 0.29) is 11.7 Å². The van der Waals surface area contributed by atoms with Crippen LogP contribution in [0.4, 0.5) is 15.8 Å². The predicted molar refractivity (Wildman–Crippen MR) is 100 cm³/mol. The van der Waals surface area contributed by atoms with Crippen molar-refractivity contribution in [3.8, 4) is 0 Å². The summed E-state index contributed by atoms with van der Waals surface area (Å²) in [7, 11) is -0.323. The summed E-state index contributed by atoms with van der Waals surface area (Å²) in [6, 6.07) is 10.00. The van der Waals surface area contributed by atoms with Gasteiger partial charge in [0, 0.05) is 55.9 Å². The maximum absolute atomic E-state index is 13.1. The van der Waals surface area contributed by atoms with Crippen LogP contribution in [-0.4, -0.2) is 49.2 Å². The third-order valence-electron chi connectivity index (χ3n) is 4.46. The molecule has 6 nitrogen and oxygen atoms in total. The Morgan fingerprint density at radius 1 is 1.19 bits per heavy atom. The van der Waals surface area contributed by atoms with Crippen LogP contribution in [0.15, 0.2) is 36.4 Å². The molecule has 2 heterocycles. The lowest BCUT2D eigenvalue weighted by Crippen LogP contribution is -2.38. The van der Waals surface area contributed by atoms with E-state index >= 15 is 0 Å². The number of benzene rings is 1. The van der Waals surface area contributed by atoms with Gasteiger partial charge in [0.2, 0.25) is 0 Å². The van der Waals surface area contributed by atoms with Gasteiger partial charge in [-0.15, -0.1) is 0 Å². The zero-order valence-corrected chi connectivity index (χ0v) is 15.9. The Morgan fingerprint density at radius 3 is 2.54 bits per heavy atom. The molecule has 8 heteroatoms. The second-order valence-corrected chi connectivity index (χ2v) is 8.83. The summed E-state index contributed by atoms with van der Waals surface area (Å²) in [5.41, 5.74) is 3.35. The van der Waals surface area contributed by atoms with Gasteiger partial charge >= 0.3 is 0 Å². The highest BCUT2D eigenvalue weighted by Crippen LogP contribution is 2.30. The number of rotatable bonds is 5. The smallest absolute Gasteiger partial charge is 0.281 e.